The van der Waals surface area contributed by atoms with Crippen LogP contribution in [-0.4, -0.2) is 40.8 Å². The van der Waals surface area contributed by atoms with Gasteiger partial charge in [-0.1, -0.05) is 0 Å². The number of amides is 1. The molecule has 1 aliphatic carbocycles. The zero-order valence-electron chi connectivity index (χ0n) is 15.8. The molecular weight excluding hydrogens is 361 g/mol. The predicted molar refractivity (Wildman–Crippen MR) is 92.4 cm³/mol. The Kier molecular flexibility index (Phi) is 5.03. The summed E-state index contributed by atoms with van der Waals surface area (Å²) < 4.78 is 49.3. The maximum Gasteiger partial charge on any atom is 0.418 e. The fraction of sp³-hybridized carbons (Fsp3) is 0.684. The molecule has 1 aromatic heterocycles. The van der Waals surface area contributed by atoms with Crippen molar-refractivity contribution in [1.82, 2.24) is 9.88 Å². The molecule has 2 aliphatic rings. The summed E-state index contributed by atoms with van der Waals surface area (Å²) in [5.74, 6) is 0.149. The predicted octanol–water partition coefficient (Wildman–Crippen LogP) is 4.66. The van der Waals surface area contributed by atoms with E-state index < -0.39 is 17.3 Å². The van der Waals surface area contributed by atoms with Gasteiger partial charge in [0, 0.05) is 19.3 Å². The van der Waals surface area contributed by atoms with Crippen molar-refractivity contribution in [1.29, 1.82) is 0 Å². The standard InChI is InChI=1S/C19H25F3N2O3/c1-17(2,3)27-16(25)24-6-4-18(5-7-24)9-15(10-18)26-14-8-13(11-23-12-14)19(20,21)22/h8,11-12,15H,4-7,9-10H2,1-3H3. The Hall–Kier alpha value is -1.99. The van der Waals surface area contributed by atoms with Gasteiger partial charge in [-0.25, -0.2) is 4.79 Å². The summed E-state index contributed by atoms with van der Waals surface area (Å²) >= 11 is 0. The molecule has 0 atom stereocenters. The number of pyridine rings is 1. The van der Waals surface area contributed by atoms with E-state index in [0.29, 0.717) is 13.1 Å². The number of aromatic nitrogens is 1. The second kappa shape index (κ2) is 6.87. The van der Waals surface area contributed by atoms with Gasteiger partial charge in [0.25, 0.3) is 0 Å². The first kappa shape index (κ1) is 19.8. The molecule has 1 saturated carbocycles. The van der Waals surface area contributed by atoms with Crippen LogP contribution in [0.5, 0.6) is 5.75 Å². The number of likely N-dealkylation sites (tertiary alicyclic amines) is 1. The van der Waals surface area contributed by atoms with Gasteiger partial charge in [-0.05, 0) is 57.9 Å². The lowest BCUT2D eigenvalue weighted by atomic mass is 9.61. The zero-order chi connectivity index (χ0) is 19.9. The fourth-order valence-corrected chi connectivity index (χ4v) is 3.72. The molecule has 2 heterocycles. The molecule has 1 aliphatic heterocycles. The average molecular weight is 386 g/mol. The molecular formula is C19H25F3N2O3. The smallest absolute Gasteiger partial charge is 0.418 e. The van der Waals surface area contributed by atoms with Gasteiger partial charge < -0.3 is 14.4 Å². The molecule has 0 aromatic carbocycles. The molecule has 3 rings (SSSR count). The van der Waals surface area contributed by atoms with Crippen molar-refractivity contribution in [3.63, 3.8) is 0 Å². The van der Waals surface area contributed by atoms with Crippen LogP contribution in [0.3, 0.4) is 0 Å². The van der Waals surface area contributed by atoms with Crippen molar-refractivity contribution in [2.24, 2.45) is 5.41 Å². The highest BCUT2D eigenvalue weighted by Gasteiger charge is 2.48. The number of rotatable bonds is 2. The van der Waals surface area contributed by atoms with Crippen molar-refractivity contribution in [2.45, 2.75) is 64.3 Å². The molecule has 0 unspecified atom stereocenters. The Balaban J connectivity index is 1.48. The molecule has 5 nitrogen and oxygen atoms in total. The van der Waals surface area contributed by atoms with E-state index >= 15 is 0 Å². The molecule has 1 saturated heterocycles. The number of alkyl halides is 3. The normalized spacial score (nSPS) is 20.3. The number of carbonyl (C=O) groups is 1. The van der Waals surface area contributed by atoms with E-state index in [0.717, 1.165) is 37.9 Å². The average Bonchev–Trinajstić information content (AvgIpc) is 2.52. The maximum atomic E-state index is 12.8. The van der Waals surface area contributed by atoms with E-state index in [4.69, 9.17) is 9.47 Å². The number of piperidine rings is 1. The van der Waals surface area contributed by atoms with Crippen molar-refractivity contribution in [2.75, 3.05) is 13.1 Å². The molecule has 150 valence electrons. The van der Waals surface area contributed by atoms with E-state index in [-0.39, 0.29) is 23.4 Å². The lowest BCUT2D eigenvalue weighted by Gasteiger charge is -2.51. The van der Waals surface area contributed by atoms with Crippen molar-refractivity contribution in [3.8, 4) is 5.75 Å². The first-order chi connectivity index (χ1) is 12.5. The summed E-state index contributed by atoms with van der Waals surface area (Å²) in [5.41, 5.74) is -1.21. The van der Waals surface area contributed by atoms with E-state index in [1.165, 1.54) is 6.20 Å². The minimum absolute atomic E-state index is 0.108. The Morgan fingerprint density at radius 3 is 2.37 bits per heavy atom. The highest BCUT2D eigenvalue weighted by atomic mass is 19.4. The van der Waals surface area contributed by atoms with Gasteiger partial charge in [0.15, 0.2) is 0 Å². The van der Waals surface area contributed by atoms with E-state index in [9.17, 15) is 18.0 Å². The van der Waals surface area contributed by atoms with Gasteiger partial charge in [0.1, 0.15) is 11.4 Å². The minimum atomic E-state index is -4.43. The highest BCUT2D eigenvalue weighted by molar-refractivity contribution is 5.68. The van der Waals surface area contributed by atoms with Crippen molar-refractivity contribution in [3.05, 3.63) is 24.0 Å². The lowest BCUT2D eigenvalue weighted by molar-refractivity contribution is -0.138. The van der Waals surface area contributed by atoms with Crippen molar-refractivity contribution >= 4 is 6.09 Å². The van der Waals surface area contributed by atoms with Crippen LogP contribution in [0.15, 0.2) is 18.5 Å². The summed E-state index contributed by atoms with van der Waals surface area (Å²) in [4.78, 5) is 17.5. The minimum Gasteiger partial charge on any atom is -0.489 e. The zero-order valence-corrected chi connectivity index (χ0v) is 15.8. The maximum absolute atomic E-state index is 12.8. The van der Waals surface area contributed by atoms with Crippen LogP contribution >= 0.6 is 0 Å². The van der Waals surface area contributed by atoms with Gasteiger partial charge in [0.05, 0.1) is 17.9 Å². The van der Waals surface area contributed by atoms with Crippen LogP contribution in [0.1, 0.15) is 52.0 Å². The number of carbonyl (C=O) groups excluding carboxylic acids is 1. The number of hydrogen-bond acceptors (Lipinski definition) is 4. The molecule has 1 spiro atoms. The first-order valence-corrected chi connectivity index (χ1v) is 9.13. The van der Waals surface area contributed by atoms with Gasteiger partial charge in [-0.3, -0.25) is 4.98 Å². The van der Waals surface area contributed by atoms with Gasteiger partial charge in [-0.2, -0.15) is 13.2 Å². The molecule has 0 radical (unpaired) electrons. The molecule has 8 heteroatoms. The highest BCUT2D eigenvalue weighted by Crippen LogP contribution is 2.50. The summed E-state index contributed by atoms with van der Waals surface area (Å²) in [6.07, 6.45) is 0.550. The Morgan fingerprint density at radius 2 is 1.81 bits per heavy atom. The fourth-order valence-electron chi connectivity index (χ4n) is 3.72. The van der Waals surface area contributed by atoms with Crippen LogP contribution in [0.25, 0.3) is 0 Å². The first-order valence-electron chi connectivity index (χ1n) is 9.13. The van der Waals surface area contributed by atoms with Gasteiger partial charge in [0.2, 0.25) is 0 Å². The van der Waals surface area contributed by atoms with Gasteiger partial charge in [-0.15, -0.1) is 0 Å². The molecule has 0 bridgehead atoms. The van der Waals surface area contributed by atoms with E-state index in [2.05, 4.69) is 4.98 Å². The Bertz CT molecular complexity index is 684. The van der Waals surface area contributed by atoms with Crippen LogP contribution in [0, 0.1) is 5.41 Å². The largest absolute Gasteiger partial charge is 0.489 e. The summed E-state index contributed by atoms with van der Waals surface area (Å²) in [6, 6.07) is 0.989. The third-order valence-electron chi connectivity index (χ3n) is 5.14. The summed E-state index contributed by atoms with van der Waals surface area (Å²) in [5, 5.41) is 0. The molecule has 1 aromatic rings. The lowest BCUT2D eigenvalue weighted by Crippen LogP contribution is -2.52. The van der Waals surface area contributed by atoms with Crippen LogP contribution in [0.2, 0.25) is 0 Å². The third-order valence-corrected chi connectivity index (χ3v) is 5.14. The SMILES string of the molecule is CC(C)(C)OC(=O)N1CCC2(CC1)CC(Oc1cncc(C(F)(F)F)c1)C2. The second-order valence-corrected chi connectivity index (χ2v) is 8.52. The number of halogens is 3. The molecule has 1 amide bonds. The summed E-state index contributed by atoms with van der Waals surface area (Å²) in [6.45, 7) is 6.78. The number of nitrogens with zero attached hydrogens (tertiary/aromatic N) is 2. The number of ether oxygens (including phenoxy) is 2. The van der Waals surface area contributed by atoms with Crippen molar-refractivity contribution < 1.29 is 27.4 Å². The van der Waals surface area contributed by atoms with E-state index in [1.54, 1.807) is 4.90 Å². The Labute approximate surface area is 156 Å². The third kappa shape index (κ3) is 4.84. The van der Waals surface area contributed by atoms with Crippen LogP contribution in [0.4, 0.5) is 18.0 Å². The van der Waals surface area contributed by atoms with Crippen LogP contribution in [-0.2, 0) is 10.9 Å². The number of hydrogen-bond donors (Lipinski definition) is 0. The van der Waals surface area contributed by atoms with Crippen LogP contribution < -0.4 is 4.74 Å². The quantitative estimate of drug-likeness (QED) is 0.742. The second-order valence-electron chi connectivity index (χ2n) is 8.52. The summed E-state index contributed by atoms with van der Waals surface area (Å²) in [7, 11) is 0. The molecule has 0 N–H and O–H groups in total. The monoisotopic (exact) mass is 386 g/mol. The van der Waals surface area contributed by atoms with Gasteiger partial charge >= 0.3 is 12.3 Å². The van der Waals surface area contributed by atoms with E-state index in [1.807, 2.05) is 20.8 Å². The Morgan fingerprint density at radius 1 is 1.19 bits per heavy atom. The molecule has 2 fully saturated rings. The molecule has 27 heavy (non-hydrogen) atoms. The topological polar surface area (TPSA) is 51.7 Å².